The van der Waals surface area contributed by atoms with Crippen molar-refractivity contribution in [3.8, 4) is 0 Å². The summed E-state index contributed by atoms with van der Waals surface area (Å²) in [6, 6.07) is 3.39. The molecule has 0 radical (unpaired) electrons. The topological polar surface area (TPSA) is 64.3 Å². The second kappa shape index (κ2) is 4.03. The predicted octanol–water partition coefficient (Wildman–Crippen LogP) is 1.61. The van der Waals surface area contributed by atoms with Crippen molar-refractivity contribution >= 4 is 25.4 Å². The third-order valence-electron chi connectivity index (χ3n) is 2.14. The van der Waals surface area contributed by atoms with Crippen LogP contribution in [0.3, 0.4) is 0 Å². The Labute approximate surface area is 97.5 Å². The Kier molecular flexibility index (Phi) is 2.86. The van der Waals surface area contributed by atoms with Gasteiger partial charge in [-0.25, -0.2) is 17.9 Å². The Morgan fingerprint density at radius 2 is 2.25 bits per heavy atom. The van der Waals surface area contributed by atoms with Crippen molar-refractivity contribution in [2.75, 3.05) is 0 Å². The van der Waals surface area contributed by atoms with Gasteiger partial charge in [0.1, 0.15) is 0 Å². The SMILES string of the molecule is CCCc1nc2cccnn2c1S(=O)(=O)Cl. The molecule has 0 aliphatic rings. The smallest absolute Gasteiger partial charge is 0.231 e. The molecule has 0 spiro atoms. The number of aromatic nitrogens is 3. The first-order chi connectivity index (χ1) is 7.54. The highest BCUT2D eigenvalue weighted by Gasteiger charge is 2.23. The minimum Gasteiger partial charge on any atom is -0.231 e. The monoisotopic (exact) mass is 259 g/mol. The van der Waals surface area contributed by atoms with Crippen LogP contribution in [-0.4, -0.2) is 23.0 Å². The maximum atomic E-state index is 11.5. The fraction of sp³-hybridized carbons (Fsp3) is 0.333. The number of aryl methyl sites for hydroxylation is 1. The Morgan fingerprint density at radius 3 is 2.88 bits per heavy atom. The minimum atomic E-state index is -3.83. The molecule has 86 valence electrons. The zero-order valence-corrected chi connectivity index (χ0v) is 10.2. The Bertz CT molecular complexity index is 621. The average molecular weight is 260 g/mol. The van der Waals surface area contributed by atoms with Crippen LogP contribution < -0.4 is 0 Å². The van der Waals surface area contributed by atoms with Crippen LogP contribution in [0.5, 0.6) is 0 Å². The maximum absolute atomic E-state index is 11.5. The lowest BCUT2D eigenvalue weighted by atomic mass is 10.3. The fourth-order valence-corrected chi connectivity index (χ4v) is 2.80. The Balaban J connectivity index is 2.80. The van der Waals surface area contributed by atoms with Crippen LogP contribution in [0.1, 0.15) is 19.0 Å². The molecule has 0 fully saturated rings. The van der Waals surface area contributed by atoms with E-state index in [1.165, 1.54) is 10.7 Å². The molecule has 16 heavy (non-hydrogen) atoms. The van der Waals surface area contributed by atoms with E-state index >= 15 is 0 Å². The third kappa shape index (κ3) is 1.90. The van der Waals surface area contributed by atoms with E-state index in [1.807, 2.05) is 6.92 Å². The standard InChI is InChI=1S/C9H10ClN3O2S/c1-2-4-7-9(16(10,14)15)13-8(12-7)5-3-6-11-13/h3,5-6H,2,4H2,1H3. The summed E-state index contributed by atoms with van der Waals surface area (Å²) < 4.78 is 24.2. The van der Waals surface area contributed by atoms with E-state index in [1.54, 1.807) is 12.1 Å². The lowest BCUT2D eigenvalue weighted by Gasteiger charge is -1.98. The van der Waals surface area contributed by atoms with E-state index in [0.29, 0.717) is 17.8 Å². The van der Waals surface area contributed by atoms with Gasteiger partial charge in [-0.15, -0.1) is 0 Å². The molecular weight excluding hydrogens is 250 g/mol. The van der Waals surface area contributed by atoms with Gasteiger partial charge >= 0.3 is 0 Å². The van der Waals surface area contributed by atoms with Gasteiger partial charge < -0.3 is 0 Å². The van der Waals surface area contributed by atoms with Crippen LogP contribution in [0.15, 0.2) is 23.4 Å². The number of fused-ring (bicyclic) bond motifs is 1. The molecule has 0 bridgehead atoms. The van der Waals surface area contributed by atoms with Crippen molar-refractivity contribution in [2.24, 2.45) is 0 Å². The highest BCUT2D eigenvalue weighted by Crippen LogP contribution is 2.21. The first-order valence-corrected chi connectivity index (χ1v) is 7.12. The van der Waals surface area contributed by atoms with Gasteiger partial charge in [-0.1, -0.05) is 13.3 Å². The van der Waals surface area contributed by atoms with Crippen LogP contribution in [-0.2, 0) is 15.5 Å². The molecule has 0 amide bonds. The molecule has 0 unspecified atom stereocenters. The molecule has 0 aliphatic carbocycles. The van der Waals surface area contributed by atoms with Crippen LogP contribution >= 0.6 is 10.7 Å². The number of hydrogen-bond donors (Lipinski definition) is 0. The van der Waals surface area contributed by atoms with Gasteiger partial charge in [0, 0.05) is 16.9 Å². The van der Waals surface area contributed by atoms with E-state index < -0.39 is 9.05 Å². The van der Waals surface area contributed by atoms with E-state index in [9.17, 15) is 8.42 Å². The number of rotatable bonds is 3. The van der Waals surface area contributed by atoms with E-state index in [-0.39, 0.29) is 5.03 Å². The molecule has 0 atom stereocenters. The van der Waals surface area contributed by atoms with Gasteiger partial charge in [0.25, 0.3) is 9.05 Å². The summed E-state index contributed by atoms with van der Waals surface area (Å²) in [7, 11) is 1.56. The van der Waals surface area contributed by atoms with Crippen LogP contribution in [0.2, 0.25) is 0 Å². The second-order valence-corrected chi connectivity index (χ2v) is 5.83. The first-order valence-electron chi connectivity index (χ1n) is 4.81. The summed E-state index contributed by atoms with van der Waals surface area (Å²) in [5.41, 5.74) is 0.960. The number of imidazole rings is 1. The van der Waals surface area contributed by atoms with Crippen molar-refractivity contribution in [2.45, 2.75) is 24.8 Å². The molecule has 0 aliphatic heterocycles. The molecule has 2 aromatic heterocycles. The molecule has 0 aromatic carbocycles. The number of halogens is 1. The minimum absolute atomic E-state index is 0.0217. The summed E-state index contributed by atoms with van der Waals surface area (Å²) >= 11 is 0. The third-order valence-corrected chi connectivity index (χ3v) is 3.45. The van der Waals surface area contributed by atoms with Crippen molar-refractivity contribution < 1.29 is 8.42 Å². The van der Waals surface area contributed by atoms with Crippen molar-refractivity contribution in [3.05, 3.63) is 24.0 Å². The van der Waals surface area contributed by atoms with E-state index in [0.717, 1.165) is 6.42 Å². The van der Waals surface area contributed by atoms with Crippen molar-refractivity contribution in [1.82, 2.24) is 14.6 Å². The molecule has 5 nitrogen and oxygen atoms in total. The summed E-state index contributed by atoms with van der Waals surface area (Å²) in [5.74, 6) is 0. The van der Waals surface area contributed by atoms with Crippen LogP contribution in [0, 0.1) is 0 Å². The highest BCUT2D eigenvalue weighted by molar-refractivity contribution is 8.13. The van der Waals surface area contributed by atoms with E-state index in [2.05, 4.69) is 10.1 Å². The molecule has 2 rings (SSSR count). The maximum Gasteiger partial charge on any atom is 0.280 e. The van der Waals surface area contributed by atoms with Crippen molar-refractivity contribution in [1.29, 1.82) is 0 Å². The quantitative estimate of drug-likeness (QED) is 0.786. The average Bonchev–Trinajstić information content (AvgIpc) is 2.55. The first kappa shape index (κ1) is 11.3. The fourth-order valence-electron chi connectivity index (χ4n) is 1.56. The largest absolute Gasteiger partial charge is 0.280 e. The molecular formula is C9H10ClN3O2S. The molecule has 7 heteroatoms. The zero-order valence-electron chi connectivity index (χ0n) is 8.59. The molecule has 2 aromatic rings. The molecule has 2 heterocycles. The van der Waals surface area contributed by atoms with E-state index in [4.69, 9.17) is 10.7 Å². The van der Waals surface area contributed by atoms with Gasteiger partial charge in [0.15, 0.2) is 10.7 Å². The molecule has 0 saturated carbocycles. The summed E-state index contributed by atoms with van der Waals surface area (Å²) in [6.45, 7) is 1.95. The summed E-state index contributed by atoms with van der Waals surface area (Å²) in [6.07, 6.45) is 2.85. The molecule has 0 saturated heterocycles. The van der Waals surface area contributed by atoms with Gasteiger partial charge in [0.05, 0.1) is 5.69 Å². The van der Waals surface area contributed by atoms with Crippen LogP contribution in [0.4, 0.5) is 0 Å². The van der Waals surface area contributed by atoms with Gasteiger partial charge in [-0.2, -0.15) is 5.10 Å². The van der Waals surface area contributed by atoms with Gasteiger partial charge in [-0.05, 0) is 18.6 Å². The number of hydrogen-bond acceptors (Lipinski definition) is 4. The lowest BCUT2D eigenvalue weighted by Crippen LogP contribution is -2.03. The van der Waals surface area contributed by atoms with Gasteiger partial charge in [0.2, 0.25) is 0 Å². The number of nitrogens with zero attached hydrogens (tertiary/aromatic N) is 3. The molecule has 0 N–H and O–H groups in total. The van der Waals surface area contributed by atoms with Crippen LogP contribution in [0.25, 0.3) is 5.65 Å². The normalized spacial score (nSPS) is 12.1. The summed E-state index contributed by atoms with van der Waals surface area (Å²) in [4.78, 5) is 4.21. The Morgan fingerprint density at radius 1 is 1.50 bits per heavy atom. The lowest BCUT2D eigenvalue weighted by molar-refractivity contribution is 0.599. The predicted molar refractivity (Wildman–Crippen MR) is 60.0 cm³/mol. The van der Waals surface area contributed by atoms with Gasteiger partial charge in [-0.3, -0.25) is 0 Å². The zero-order chi connectivity index (χ0) is 11.8. The highest BCUT2D eigenvalue weighted by atomic mass is 35.7. The van der Waals surface area contributed by atoms with Crippen molar-refractivity contribution in [3.63, 3.8) is 0 Å². The Hall–Kier alpha value is -1.14. The second-order valence-electron chi connectivity index (χ2n) is 3.35. The summed E-state index contributed by atoms with van der Waals surface area (Å²) in [5, 5.41) is 3.92.